The first-order valence-corrected chi connectivity index (χ1v) is 11.3. The minimum atomic E-state index is -0.955. The second-order valence-corrected chi connectivity index (χ2v) is 8.83. The van der Waals surface area contributed by atoms with Crippen LogP contribution in [0.3, 0.4) is 0 Å². The lowest BCUT2D eigenvalue weighted by Gasteiger charge is -2.42. The maximum Gasteiger partial charge on any atom is 0.292 e. The van der Waals surface area contributed by atoms with Gasteiger partial charge in [0.2, 0.25) is 5.91 Å². The van der Waals surface area contributed by atoms with E-state index in [0.29, 0.717) is 23.7 Å². The van der Waals surface area contributed by atoms with Gasteiger partial charge in [0, 0.05) is 23.7 Å². The molecule has 1 aliphatic carbocycles. The van der Waals surface area contributed by atoms with E-state index < -0.39 is 5.54 Å². The molecule has 1 unspecified atom stereocenters. The summed E-state index contributed by atoms with van der Waals surface area (Å²) in [5, 5.41) is 15.6. The van der Waals surface area contributed by atoms with Crippen LogP contribution in [0.15, 0.2) is 48.5 Å². The smallest absolute Gasteiger partial charge is 0.292 e. The Morgan fingerprint density at radius 3 is 2.42 bits per heavy atom. The van der Waals surface area contributed by atoms with Gasteiger partial charge in [0.05, 0.1) is 4.92 Å². The largest absolute Gasteiger partial charge is 0.351 e. The summed E-state index contributed by atoms with van der Waals surface area (Å²) >= 11 is 6.04. The van der Waals surface area contributed by atoms with Gasteiger partial charge < -0.3 is 10.2 Å². The molecule has 1 saturated carbocycles. The topological polar surface area (TPSA) is 75.5 Å². The molecule has 7 heteroatoms. The minimum Gasteiger partial charge on any atom is -0.351 e. The fraction of sp³-hybridized carbons (Fsp3) is 0.458. The SMILES string of the molecule is CCC(C)(C(=O)NC1CCCCC1)N(Cc1ccc(Cl)cc1)c1ccccc1[N+](=O)[O-]. The molecule has 6 nitrogen and oxygen atoms in total. The number of para-hydroxylation sites is 2. The summed E-state index contributed by atoms with van der Waals surface area (Å²) in [6.45, 7) is 4.17. The number of hydrogen-bond donors (Lipinski definition) is 1. The number of nitro groups is 1. The number of benzene rings is 2. The number of nitrogens with zero attached hydrogens (tertiary/aromatic N) is 2. The second-order valence-electron chi connectivity index (χ2n) is 8.39. The Kier molecular flexibility index (Phi) is 7.55. The number of halogens is 1. The van der Waals surface area contributed by atoms with Gasteiger partial charge in [-0.25, -0.2) is 0 Å². The van der Waals surface area contributed by atoms with Gasteiger partial charge in [0.15, 0.2) is 0 Å². The molecular formula is C24H30ClN3O3. The van der Waals surface area contributed by atoms with E-state index in [1.807, 2.05) is 30.9 Å². The summed E-state index contributed by atoms with van der Waals surface area (Å²) < 4.78 is 0. The third kappa shape index (κ3) is 5.37. The van der Waals surface area contributed by atoms with Gasteiger partial charge in [-0.1, -0.05) is 62.1 Å². The van der Waals surface area contributed by atoms with Crippen molar-refractivity contribution in [3.8, 4) is 0 Å². The predicted octanol–water partition coefficient (Wildman–Crippen LogP) is 5.87. The summed E-state index contributed by atoms with van der Waals surface area (Å²) in [5.74, 6) is -0.0889. The lowest BCUT2D eigenvalue weighted by Crippen LogP contribution is -2.58. The molecule has 0 saturated heterocycles. The quantitative estimate of drug-likeness (QED) is 0.408. The Morgan fingerprint density at radius 2 is 1.81 bits per heavy atom. The van der Waals surface area contributed by atoms with Crippen molar-refractivity contribution in [2.24, 2.45) is 0 Å². The molecule has 1 fully saturated rings. The van der Waals surface area contributed by atoms with Gasteiger partial charge in [0.1, 0.15) is 11.2 Å². The van der Waals surface area contributed by atoms with Gasteiger partial charge in [0.25, 0.3) is 5.69 Å². The van der Waals surface area contributed by atoms with Gasteiger partial charge in [-0.05, 0) is 49.9 Å². The van der Waals surface area contributed by atoms with Crippen molar-refractivity contribution in [2.45, 2.75) is 70.5 Å². The fourth-order valence-electron chi connectivity index (χ4n) is 4.21. The number of carbonyl (C=O) groups excluding carboxylic acids is 1. The van der Waals surface area contributed by atoms with Crippen molar-refractivity contribution in [2.75, 3.05) is 4.90 Å². The molecule has 1 atom stereocenters. The zero-order chi connectivity index (χ0) is 22.4. The molecule has 1 amide bonds. The molecule has 2 aromatic carbocycles. The molecule has 3 rings (SSSR count). The molecule has 166 valence electrons. The normalized spacial score (nSPS) is 16.4. The van der Waals surface area contributed by atoms with E-state index in [1.54, 1.807) is 30.3 Å². The molecule has 0 heterocycles. The zero-order valence-corrected chi connectivity index (χ0v) is 18.9. The highest BCUT2D eigenvalue weighted by Crippen LogP contribution is 2.36. The highest BCUT2D eigenvalue weighted by atomic mass is 35.5. The van der Waals surface area contributed by atoms with E-state index in [9.17, 15) is 14.9 Å². The van der Waals surface area contributed by atoms with Crippen molar-refractivity contribution < 1.29 is 9.72 Å². The predicted molar refractivity (Wildman–Crippen MR) is 124 cm³/mol. The third-order valence-electron chi connectivity index (χ3n) is 6.34. The number of hydrogen-bond acceptors (Lipinski definition) is 4. The molecule has 2 aromatic rings. The first-order chi connectivity index (χ1) is 14.8. The van der Waals surface area contributed by atoms with E-state index in [4.69, 9.17) is 11.6 Å². The standard InChI is InChI=1S/C24H30ClN3O3/c1-3-24(2,23(29)26-20-9-5-4-6-10-20)27(17-18-13-15-19(25)16-14-18)21-11-7-8-12-22(21)28(30)31/h7-8,11-16,20H,3-6,9-10,17H2,1-2H3,(H,26,29). The summed E-state index contributed by atoms with van der Waals surface area (Å²) in [6.07, 6.45) is 5.91. The highest BCUT2D eigenvalue weighted by molar-refractivity contribution is 6.30. The summed E-state index contributed by atoms with van der Waals surface area (Å²) in [4.78, 5) is 26.8. The minimum absolute atomic E-state index is 0.0124. The average molecular weight is 444 g/mol. The number of rotatable bonds is 8. The molecule has 0 aromatic heterocycles. The van der Waals surface area contributed by atoms with Crippen LogP contribution in [0.4, 0.5) is 11.4 Å². The monoisotopic (exact) mass is 443 g/mol. The van der Waals surface area contributed by atoms with Crippen molar-refractivity contribution in [3.05, 3.63) is 69.2 Å². The first-order valence-electron chi connectivity index (χ1n) is 10.9. The van der Waals surface area contributed by atoms with Gasteiger partial charge in [-0.3, -0.25) is 14.9 Å². The number of nitro benzene ring substituents is 1. The number of carbonyl (C=O) groups is 1. The first kappa shape index (κ1) is 23.1. The third-order valence-corrected chi connectivity index (χ3v) is 6.59. The molecular weight excluding hydrogens is 414 g/mol. The van der Waals surface area contributed by atoms with Crippen LogP contribution in [-0.4, -0.2) is 22.4 Å². The Bertz CT molecular complexity index is 913. The van der Waals surface area contributed by atoms with Crippen LogP contribution in [0.5, 0.6) is 0 Å². The lowest BCUT2D eigenvalue weighted by molar-refractivity contribution is -0.384. The van der Waals surface area contributed by atoms with Gasteiger partial charge in [-0.2, -0.15) is 0 Å². The summed E-state index contributed by atoms with van der Waals surface area (Å²) in [5.41, 5.74) is 0.392. The Labute approximate surface area is 188 Å². The number of nitrogens with one attached hydrogen (secondary N) is 1. The Morgan fingerprint density at radius 1 is 1.16 bits per heavy atom. The van der Waals surface area contributed by atoms with Crippen LogP contribution in [0.1, 0.15) is 57.9 Å². The summed E-state index contributed by atoms with van der Waals surface area (Å²) in [7, 11) is 0. The number of amides is 1. The molecule has 0 spiro atoms. The molecule has 1 N–H and O–H groups in total. The van der Waals surface area contributed by atoms with Crippen molar-refractivity contribution in [1.82, 2.24) is 5.32 Å². The molecule has 0 bridgehead atoms. The van der Waals surface area contributed by atoms with E-state index in [1.165, 1.54) is 12.5 Å². The van der Waals surface area contributed by atoms with E-state index in [0.717, 1.165) is 31.2 Å². The molecule has 0 radical (unpaired) electrons. The van der Waals surface area contributed by atoms with Crippen LogP contribution in [0.25, 0.3) is 0 Å². The van der Waals surface area contributed by atoms with Crippen LogP contribution >= 0.6 is 11.6 Å². The summed E-state index contributed by atoms with van der Waals surface area (Å²) in [6, 6.07) is 14.1. The molecule has 31 heavy (non-hydrogen) atoms. The Hall–Kier alpha value is -2.60. The Balaban J connectivity index is 2.01. The van der Waals surface area contributed by atoms with Crippen LogP contribution in [0, 0.1) is 10.1 Å². The second kappa shape index (κ2) is 10.1. The molecule has 0 aliphatic heterocycles. The highest BCUT2D eigenvalue weighted by Gasteiger charge is 2.41. The molecule has 1 aliphatic rings. The van der Waals surface area contributed by atoms with Gasteiger partial charge >= 0.3 is 0 Å². The van der Waals surface area contributed by atoms with Crippen molar-refractivity contribution in [1.29, 1.82) is 0 Å². The average Bonchev–Trinajstić information content (AvgIpc) is 2.78. The van der Waals surface area contributed by atoms with Crippen molar-refractivity contribution >= 4 is 28.9 Å². The van der Waals surface area contributed by atoms with E-state index >= 15 is 0 Å². The zero-order valence-electron chi connectivity index (χ0n) is 18.1. The van der Waals surface area contributed by atoms with Crippen molar-refractivity contribution in [3.63, 3.8) is 0 Å². The van der Waals surface area contributed by atoms with E-state index in [2.05, 4.69) is 5.32 Å². The van der Waals surface area contributed by atoms with E-state index in [-0.39, 0.29) is 22.6 Å². The number of anilines is 1. The van der Waals surface area contributed by atoms with Gasteiger partial charge in [-0.15, -0.1) is 0 Å². The van der Waals surface area contributed by atoms with Crippen LogP contribution in [-0.2, 0) is 11.3 Å². The van der Waals surface area contributed by atoms with Crippen LogP contribution < -0.4 is 10.2 Å². The maximum absolute atomic E-state index is 13.6. The van der Waals surface area contributed by atoms with Crippen LogP contribution in [0.2, 0.25) is 5.02 Å². The fourth-order valence-corrected chi connectivity index (χ4v) is 4.33. The maximum atomic E-state index is 13.6. The lowest BCUT2D eigenvalue weighted by atomic mass is 9.90.